The second kappa shape index (κ2) is 10.5. The summed E-state index contributed by atoms with van der Waals surface area (Å²) in [6, 6.07) is 19.8. The van der Waals surface area contributed by atoms with Gasteiger partial charge in [-0.3, -0.25) is 19.3 Å². The smallest absolute Gasteiger partial charge is 0.261 e. The van der Waals surface area contributed by atoms with Crippen LogP contribution >= 0.6 is 0 Å². The topological polar surface area (TPSA) is 93.5 Å². The van der Waals surface area contributed by atoms with Crippen molar-refractivity contribution in [3.63, 3.8) is 0 Å². The second-order valence-electron chi connectivity index (χ2n) is 8.69. The number of ether oxygens (including phenoxy) is 1. The van der Waals surface area contributed by atoms with Crippen molar-refractivity contribution in [2.45, 2.75) is 26.6 Å². The number of imidazole rings is 1. The molecule has 0 spiro atoms. The fraction of sp³-hybridized carbons (Fsp3) is 0.172. The molecule has 0 fully saturated rings. The van der Waals surface area contributed by atoms with Crippen LogP contribution in [0.15, 0.2) is 85.5 Å². The predicted octanol–water partition coefficient (Wildman–Crippen LogP) is 4.06. The number of carbonyl (C=O) groups excluding carboxylic acids is 3. The first-order valence-corrected chi connectivity index (χ1v) is 12.1. The number of amides is 3. The zero-order chi connectivity index (χ0) is 25.8. The molecule has 0 aliphatic carbocycles. The van der Waals surface area contributed by atoms with Gasteiger partial charge in [-0.2, -0.15) is 0 Å². The maximum Gasteiger partial charge on any atom is 0.261 e. The molecule has 2 heterocycles. The lowest BCUT2D eigenvalue weighted by atomic mass is 10.1. The van der Waals surface area contributed by atoms with Crippen molar-refractivity contribution in [3.8, 4) is 5.75 Å². The number of carbonyl (C=O) groups is 3. The van der Waals surface area contributed by atoms with Crippen LogP contribution in [-0.2, 0) is 19.6 Å². The Balaban J connectivity index is 1.34. The fourth-order valence-corrected chi connectivity index (χ4v) is 4.43. The van der Waals surface area contributed by atoms with Crippen molar-refractivity contribution in [1.82, 2.24) is 19.8 Å². The molecule has 8 nitrogen and oxygen atoms in total. The first-order valence-electron chi connectivity index (χ1n) is 12.1. The summed E-state index contributed by atoms with van der Waals surface area (Å²) in [7, 11) is 0. The summed E-state index contributed by atoms with van der Waals surface area (Å²) in [5, 5.41) is 3.00. The van der Waals surface area contributed by atoms with Crippen LogP contribution in [0, 0.1) is 0 Å². The Morgan fingerprint density at radius 2 is 1.62 bits per heavy atom. The monoisotopic (exact) mass is 494 g/mol. The molecular formula is C29H26N4O4. The highest BCUT2D eigenvalue weighted by Crippen LogP contribution is 2.27. The van der Waals surface area contributed by atoms with E-state index in [0.29, 0.717) is 47.7 Å². The number of aromatic nitrogens is 2. The van der Waals surface area contributed by atoms with Gasteiger partial charge in [0.2, 0.25) is 0 Å². The van der Waals surface area contributed by atoms with E-state index >= 15 is 0 Å². The van der Waals surface area contributed by atoms with Gasteiger partial charge in [-0.15, -0.1) is 0 Å². The molecule has 8 heteroatoms. The van der Waals surface area contributed by atoms with Crippen LogP contribution in [0.4, 0.5) is 0 Å². The number of nitrogens with zero attached hydrogens (tertiary/aromatic N) is 3. The molecule has 0 saturated heterocycles. The number of nitrogens with one attached hydrogen (secondary N) is 1. The molecule has 3 aromatic carbocycles. The van der Waals surface area contributed by atoms with Gasteiger partial charge in [0, 0.05) is 25.5 Å². The van der Waals surface area contributed by atoms with Gasteiger partial charge in [0.25, 0.3) is 17.7 Å². The van der Waals surface area contributed by atoms with Crippen molar-refractivity contribution in [3.05, 3.63) is 119 Å². The van der Waals surface area contributed by atoms with Gasteiger partial charge >= 0.3 is 0 Å². The highest BCUT2D eigenvalue weighted by Gasteiger charge is 2.35. The van der Waals surface area contributed by atoms with Crippen LogP contribution in [0.5, 0.6) is 5.75 Å². The predicted molar refractivity (Wildman–Crippen MR) is 137 cm³/mol. The number of hydrogen-bond acceptors (Lipinski definition) is 5. The average molecular weight is 495 g/mol. The third kappa shape index (κ3) is 4.99. The highest BCUT2D eigenvalue weighted by molar-refractivity contribution is 6.21. The molecule has 0 bridgehead atoms. The normalized spacial score (nSPS) is 12.5. The number of benzene rings is 3. The van der Waals surface area contributed by atoms with Gasteiger partial charge in [0.15, 0.2) is 0 Å². The first kappa shape index (κ1) is 24.0. The molecule has 186 valence electrons. The van der Waals surface area contributed by atoms with Gasteiger partial charge in [-0.05, 0) is 47.9 Å². The SMILES string of the molecule is CCOc1ccc(CN2C(=O)c3ccccc3C2=O)cc1C(=O)NCc1ccccc1Cn1ccnc1. The summed E-state index contributed by atoms with van der Waals surface area (Å²) >= 11 is 0. The van der Waals surface area contributed by atoms with E-state index in [1.807, 2.05) is 42.0 Å². The van der Waals surface area contributed by atoms with Crippen LogP contribution in [0.3, 0.4) is 0 Å². The summed E-state index contributed by atoms with van der Waals surface area (Å²) < 4.78 is 7.67. The van der Waals surface area contributed by atoms with E-state index in [0.717, 1.165) is 11.1 Å². The molecular weight excluding hydrogens is 468 g/mol. The molecule has 0 radical (unpaired) electrons. The summed E-state index contributed by atoms with van der Waals surface area (Å²) in [5.74, 6) is -0.534. The maximum absolute atomic E-state index is 13.3. The zero-order valence-electron chi connectivity index (χ0n) is 20.4. The van der Waals surface area contributed by atoms with Crippen molar-refractivity contribution in [1.29, 1.82) is 0 Å². The third-order valence-electron chi connectivity index (χ3n) is 6.28. The van der Waals surface area contributed by atoms with E-state index in [1.165, 1.54) is 4.90 Å². The molecule has 1 aliphatic rings. The Bertz CT molecular complexity index is 1430. The lowest BCUT2D eigenvalue weighted by molar-refractivity contribution is 0.0642. The van der Waals surface area contributed by atoms with E-state index in [4.69, 9.17) is 4.74 Å². The van der Waals surface area contributed by atoms with Gasteiger partial charge < -0.3 is 14.6 Å². The van der Waals surface area contributed by atoms with E-state index in [-0.39, 0.29) is 24.3 Å². The Hall–Kier alpha value is -4.72. The van der Waals surface area contributed by atoms with Gasteiger partial charge in [-0.25, -0.2) is 4.98 Å². The van der Waals surface area contributed by atoms with Gasteiger partial charge in [0.1, 0.15) is 5.75 Å². The lowest BCUT2D eigenvalue weighted by Gasteiger charge is -2.17. The van der Waals surface area contributed by atoms with Gasteiger partial charge in [-0.1, -0.05) is 42.5 Å². The third-order valence-corrected chi connectivity index (χ3v) is 6.28. The second-order valence-corrected chi connectivity index (χ2v) is 8.69. The fourth-order valence-electron chi connectivity index (χ4n) is 4.43. The molecule has 4 aromatic rings. The van der Waals surface area contributed by atoms with Crippen LogP contribution < -0.4 is 10.1 Å². The minimum absolute atomic E-state index is 0.0623. The van der Waals surface area contributed by atoms with E-state index in [9.17, 15) is 14.4 Å². The molecule has 1 N–H and O–H groups in total. The van der Waals surface area contributed by atoms with Crippen molar-refractivity contribution in [2.24, 2.45) is 0 Å². The van der Waals surface area contributed by atoms with Crippen molar-refractivity contribution in [2.75, 3.05) is 6.61 Å². The lowest BCUT2D eigenvalue weighted by Crippen LogP contribution is -2.29. The molecule has 1 aliphatic heterocycles. The highest BCUT2D eigenvalue weighted by atomic mass is 16.5. The number of rotatable bonds is 9. The van der Waals surface area contributed by atoms with Crippen molar-refractivity contribution < 1.29 is 19.1 Å². The van der Waals surface area contributed by atoms with Crippen LogP contribution in [0.25, 0.3) is 0 Å². The largest absolute Gasteiger partial charge is 0.493 e. The van der Waals surface area contributed by atoms with Crippen LogP contribution in [0.1, 0.15) is 54.7 Å². The molecule has 37 heavy (non-hydrogen) atoms. The summed E-state index contributed by atoms with van der Waals surface area (Å²) in [4.78, 5) is 44.2. The Labute approximate surface area is 214 Å². The zero-order valence-corrected chi connectivity index (χ0v) is 20.4. The van der Waals surface area contributed by atoms with E-state index < -0.39 is 0 Å². The molecule has 1 aromatic heterocycles. The quantitative estimate of drug-likeness (QED) is 0.354. The van der Waals surface area contributed by atoms with Crippen LogP contribution in [-0.4, -0.2) is 38.8 Å². The summed E-state index contributed by atoms with van der Waals surface area (Å²) in [6.45, 7) is 3.28. The maximum atomic E-state index is 13.3. The average Bonchev–Trinajstić information content (AvgIpc) is 3.52. The molecule has 3 amide bonds. The molecule has 0 unspecified atom stereocenters. The van der Waals surface area contributed by atoms with Crippen molar-refractivity contribution >= 4 is 17.7 Å². The number of imide groups is 1. The Morgan fingerprint density at radius 1 is 0.919 bits per heavy atom. The van der Waals surface area contributed by atoms with Crippen LogP contribution in [0.2, 0.25) is 0 Å². The number of fused-ring (bicyclic) bond motifs is 1. The summed E-state index contributed by atoms with van der Waals surface area (Å²) in [5.41, 5.74) is 3.86. The number of hydrogen-bond donors (Lipinski definition) is 1. The molecule has 0 saturated carbocycles. The standard InChI is InChI=1S/C29H26N4O4/c1-2-37-26-12-11-20(17-33-28(35)23-9-5-6-10-24(23)29(33)36)15-25(26)27(34)31-16-21-7-3-4-8-22(21)18-32-14-13-30-19-32/h3-15,19H,2,16-18H2,1H3,(H,31,34). The Kier molecular flexibility index (Phi) is 6.81. The Morgan fingerprint density at radius 3 is 2.30 bits per heavy atom. The van der Waals surface area contributed by atoms with Gasteiger partial charge in [0.05, 0.1) is 36.2 Å². The van der Waals surface area contributed by atoms with E-state index in [2.05, 4.69) is 10.3 Å². The first-order chi connectivity index (χ1) is 18.0. The molecule has 5 rings (SSSR count). The summed E-state index contributed by atoms with van der Waals surface area (Å²) in [6.07, 6.45) is 5.38. The minimum atomic E-state index is -0.338. The minimum Gasteiger partial charge on any atom is -0.493 e. The van der Waals surface area contributed by atoms with E-state index in [1.54, 1.807) is 55.0 Å². The molecule has 0 atom stereocenters.